The molecule has 2 rings (SSSR count). The summed E-state index contributed by atoms with van der Waals surface area (Å²) in [6, 6.07) is 4.86. The van der Waals surface area contributed by atoms with Crippen molar-refractivity contribution in [1.82, 2.24) is 9.80 Å². The summed E-state index contributed by atoms with van der Waals surface area (Å²) < 4.78 is 11.7. The van der Waals surface area contributed by atoms with Crippen molar-refractivity contribution < 1.29 is 23.9 Å². The van der Waals surface area contributed by atoms with Crippen molar-refractivity contribution in [2.75, 3.05) is 39.2 Å². The minimum absolute atomic E-state index is 0.0206. The number of rotatable bonds is 4. The Morgan fingerprint density at radius 3 is 2.52 bits per heavy atom. The fraction of sp³-hybridized carbons (Fsp3) is 0.609. The summed E-state index contributed by atoms with van der Waals surface area (Å²) in [7, 11) is 3.34. The minimum atomic E-state index is -0.236. The average Bonchev–Trinajstić information content (AvgIpc) is 2.77. The number of nitrogens with zero attached hydrogens (tertiary/aromatic N) is 2. The van der Waals surface area contributed by atoms with E-state index >= 15 is 0 Å². The zero-order chi connectivity index (χ0) is 23.1. The lowest BCUT2D eigenvalue weighted by molar-refractivity contribution is -0.135. The van der Waals surface area contributed by atoms with Gasteiger partial charge in [-0.2, -0.15) is 0 Å². The number of nitrogens with one attached hydrogen (secondary N) is 1. The van der Waals surface area contributed by atoms with Gasteiger partial charge in [-0.3, -0.25) is 14.4 Å². The average molecular weight is 434 g/mol. The van der Waals surface area contributed by atoms with Crippen molar-refractivity contribution in [3.05, 3.63) is 23.8 Å². The number of amides is 3. The molecule has 1 N–H and O–H groups in total. The van der Waals surface area contributed by atoms with Crippen LogP contribution in [0, 0.1) is 5.92 Å². The molecule has 0 aromatic heterocycles. The van der Waals surface area contributed by atoms with E-state index in [1.807, 2.05) is 25.7 Å². The van der Waals surface area contributed by atoms with E-state index in [9.17, 15) is 14.4 Å². The number of ether oxygens (including phenoxy) is 2. The molecule has 1 aromatic carbocycles. The van der Waals surface area contributed by atoms with Gasteiger partial charge in [0.25, 0.3) is 5.91 Å². The maximum absolute atomic E-state index is 13.2. The molecule has 3 atom stereocenters. The summed E-state index contributed by atoms with van der Waals surface area (Å²) in [4.78, 5) is 41.1. The zero-order valence-electron chi connectivity index (χ0n) is 19.4. The maximum atomic E-state index is 13.2. The first-order chi connectivity index (χ1) is 14.7. The summed E-state index contributed by atoms with van der Waals surface area (Å²) >= 11 is 0. The topological polar surface area (TPSA) is 88.2 Å². The Balaban J connectivity index is 2.45. The predicted molar refractivity (Wildman–Crippen MR) is 119 cm³/mol. The molecule has 0 aliphatic carbocycles. The molecule has 0 bridgehead atoms. The molecule has 1 aromatic rings. The molecule has 0 spiro atoms. The van der Waals surface area contributed by atoms with Crippen LogP contribution in [-0.2, 0) is 14.3 Å². The van der Waals surface area contributed by atoms with Crippen LogP contribution in [-0.4, -0.2) is 73.5 Å². The van der Waals surface area contributed by atoms with Gasteiger partial charge in [-0.25, -0.2) is 0 Å². The lowest BCUT2D eigenvalue weighted by atomic mass is 10.0. The first-order valence-corrected chi connectivity index (χ1v) is 10.9. The summed E-state index contributed by atoms with van der Waals surface area (Å²) in [6.07, 6.45) is 0.512. The van der Waals surface area contributed by atoms with E-state index in [1.54, 1.807) is 44.2 Å². The highest BCUT2D eigenvalue weighted by molar-refractivity contribution is 5.99. The third kappa shape index (κ3) is 6.19. The van der Waals surface area contributed by atoms with Gasteiger partial charge < -0.3 is 24.6 Å². The largest absolute Gasteiger partial charge is 0.491 e. The molecular formula is C23H35N3O5. The van der Waals surface area contributed by atoms with Gasteiger partial charge in [0.2, 0.25) is 11.8 Å². The van der Waals surface area contributed by atoms with Gasteiger partial charge in [0.1, 0.15) is 12.4 Å². The number of hydrogen-bond donors (Lipinski definition) is 1. The number of anilines is 1. The number of methoxy groups -OCH3 is 1. The Hall–Kier alpha value is -2.61. The highest BCUT2D eigenvalue weighted by Gasteiger charge is 2.29. The smallest absolute Gasteiger partial charge is 0.257 e. The van der Waals surface area contributed by atoms with Gasteiger partial charge in [0.05, 0.1) is 17.7 Å². The second kappa shape index (κ2) is 11.1. The van der Waals surface area contributed by atoms with Crippen molar-refractivity contribution >= 4 is 23.4 Å². The standard InChI is InChI=1S/C23H35N3O5/c1-7-21(27)24-17-9-10-19-18(11-17)23(29)25(5)13-20(30-6)15(3)12-26(22(28)8-2)16(4)14-31-19/h9-11,15-16,20H,7-8,12-14H2,1-6H3,(H,24,27)/t15-,16+,20+/m1/s1. The number of benzene rings is 1. The van der Waals surface area contributed by atoms with E-state index in [4.69, 9.17) is 9.47 Å². The normalized spacial score (nSPS) is 22.6. The van der Waals surface area contributed by atoms with Crippen LogP contribution < -0.4 is 10.1 Å². The third-order valence-corrected chi connectivity index (χ3v) is 5.67. The molecule has 0 saturated heterocycles. The van der Waals surface area contributed by atoms with E-state index in [0.717, 1.165) is 0 Å². The molecule has 31 heavy (non-hydrogen) atoms. The van der Waals surface area contributed by atoms with Crippen LogP contribution in [0.25, 0.3) is 0 Å². The van der Waals surface area contributed by atoms with Crippen LogP contribution >= 0.6 is 0 Å². The molecule has 0 unspecified atom stereocenters. The number of hydrogen-bond acceptors (Lipinski definition) is 5. The van der Waals surface area contributed by atoms with Gasteiger partial charge in [0, 0.05) is 51.7 Å². The Bertz CT molecular complexity index is 797. The molecular weight excluding hydrogens is 398 g/mol. The number of carbonyl (C=O) groups is 3. The van der Waals surface area contributed by atoms with Crippen LogP contribution in [0.15, 0.2) is 18.2 Å². The Morgan fingerprint density at radius 1 is 1.19 bits per heavy atom. The SMILES string of the molecule is CCC(=O)Nc1ccc2c(c1)C(=O)N(C)C[C@H](OC)[C@H](C)CN(C(=O)CC)[C@@H](C)CO2. The van der Waals surface area contributed by atoms with Crippen molar-refractivity contribution in [1.29, 1.82) is 0 Å². The van der Waals surface area contributed by atoms with Gasteiger partial charge in [0.15, 0.2) is 0 Å². The molecule has 0 fully saturated rings. The lowest BCUT2D eigenvalue weighted by Gasteiger charge is -2.36. The molecule has 8 heteroatoms. The van der Waals surface area contributed by atoms with Crippen LogP contribution in [0.4, 0.5) is 5.69 Å². The Labute approximate surface area is 184 Å². The monoisotopic (exact) mass is 433 g/mol. The highest BCUT2D eigenvalue weighted by Crippen LogP contribution is 2.26. The zero-order valence-corrected chi connectivity index (χ0v) is 19.4. The summed E-state index contributed by atoms with van der Waals surface area (Å²) in [6.45, 7) is 8.71. The van der Waals surface area contributed by atoms with E-state index in [0.29, 0.717) is 42.9 Å². The van der Waals surface area contributed by atoms with Gasteiger partial charge >= 0.3 is 0 Å². The highest BCUT2D eigenvalue weighted by atomic mass is 16.5. The van der Waals surface area contributed by atoms with Crippen LogP contribution in [0.1, 0.15) is 50.9 Å². The molecule has 1 aliphatic heterocycles. The van der Waals surface area contributed by atoms with Gasteiger partial charge in [-0.1, -0.05) is 20.8 Å². The minimum Gasteiger partial charge on any atom is -0.491 e. The summed E-state index contributed by atoms with van der Waals surface area (Å²) in [5, 5.41) is 2.79. The number of fused-ring (bicyclic) bond motifs is 1. The van der Waals surface area contributed by atoms with Crippen molar-refractivity contribution in [2.24, 2.45) is 5.92 Å². The Kier molecular flexibility index (Phi) is 8.86. The molecule has 8 nitrogen and oxygen atoms in total. The van der Waals surface area contributed by atoms with Crippen LogP contribution in [0.2, 0.25) is 0 Å². The molecule has 1 aliphatic rings. The quantitative estimate of drug-likeness (QED) is 0.789. The molecule has 0 radical (unpaired) electrons. The van der Waals surface area contributed by atoms with E-state index in [2.05, 4.69) is 5.32 Å². The van der Waals surface area contributed by atoms with E-state index < -0.39 is 0 Å². The maximum Gasteiger partial charge on any atom is 0.257 e. The second-order valence-corrected chi connectivity index (χ2v) is 8.11. The van der Waals surface area contributed by atoms with Crippen molar-refractivity contribution in [3.8, 4) is 5.75 Å². The first kappa shape index (κ1) is 24.7. The second-order valence-electron chi connectivity index (χ2n) is 8.11. The fourth-order valence-corrected chi connectivity index (χ4v) is 3.65. The van der Waals surface area contributed by atoms with Crippen LogP contribution in [0.5, 0.6) is 5.75 Å². The predicted octanol–water partition coefficient (Wildman–Crippen LogP) is 2.78. The fourth-order valence-electron chi connectivity index (χ4n) is 3.65. The Morgan fingerprint density at radius 2 is 1.90 bits per heavy atom. The molecule has 3 amide bonds. The third-order valence-electron chi connectivity index (χ3n) is 5.67. The number of carbonyl (C=O) groups excluding carboxylic acids is 3. The van der Waals surface area contributed by atoms with Crippen molar-refractivity contribution in [2.45, 2.75) is 52.7 Å². The molecule has 0 saturated carbocycles. The van der Waals surface area contributed by atoms with Gasteiger partial charge in [-0.15, -0.1) is 0 Å². The van der Waals surface area contributed by atoms with E-state index in [-0.39, 0.29) is 42.4 Å². The molecule has 1 heterocycles. The summed E-state index contributed by atoms with van der Waals surface area (Å²) in [5.41, 5.74) is 0.899. The first-order valence-electron chi connectivity index (χ1n) is 10.9. The van der Waals surface area contributed by atoms with E-state index in [1.165, 1.54) is 0 Å². The lowest BCUT2D eigenvalue weighted by Crippen LogP contribution is -2.48. The number of likely N-dealkylation sites (N-methyl/N-ethyl adjacent to an activating group) is 1. The summed E-state index contributed by atoms with van der Waals surface area (Å²) in [5.74, 6) is 0.145. The van der Waals surface area contributed by atoms with Crippen molar-refractivity contribution in [3.63, 3.8) is 0 Å². The van der Waals surface area contributed by atoms with Gasteiger partial charge in [-0.05, 0) is 25.1 Å². The van der Waals surface area contributed by atoms with Crippen LogP contribution in [0.3, 0.4) is 0 Å². The molecule has 172 valence electrons.